The van der Waals surface area contributed by atoms with E-state index in [-0.39, 0.29) is 36.1 Å². The smallest absolute Gasteiger partial charge is 0.257 e. The van der Waals surface area contributed by atoms with Crippen molar-refractivity contribution in [3.8, 4) is 0 Å². The number of nitrogens with zero attached hydrogens (tertiary/aromatic N) is 2. The van der Waals surface area contributed by atoms with Crippen molar-refractivity contribution >= 4 is 49.4 Å². The summed E-state index contributed by atoms with van der Waals surface area (Å²) in [7, 11) is -3.83. The van der Waals surface area contributed by atoms with Crippen molar-refractivity contribution in [2.75, 3.05) is 4.90 Å². The van der Waals surface area contributed by atoms with Gasteiger partial charge < -0.3 is 4.90 Å². The third-order valence-corrected chi connectivity index (χ3v) is 6.27. The van der Waals surface area contributed by atoms with Crippen molar-refractivity contribution in [1.29, 1.82) is 0 Å². The van der Waals surface area contributed by atoms with Gasteiger partial charge in [-0.3, -0.25) is 14.4 Å². The molecule has 0 aromatic heterocycles. The molecule has 1 unspecified atom stereocenters. The Balaban J connectivity index is 1.87. The molecular weight excluding hydrogens is 474 g/mol. The zero-order chi connectivity index (χ0) is 22.1. The fourth-order valence-electron chi connectivity index (χ4n) is 3.28. The van der Waals surface area contributed by atoms with E-state index in [1.54, 1.807) is 31.2 Å². The van der Waals surface area contributed by atoms with Crippen molar-refractivity contribution in [2.45, 2.75) is 37.2 Å². The van der Waals surface area contributed by atoms with E-state index in [2.05, 4.69) is 15.9 Å². The molecule has 0 aliphatic carbocycles. The number of anilines is 1. The van der Waals surface area contributed by atoms with Gasteiger partial charge in [0.05, 0.1) is 17.0 Å². The van der Waals surface area contributed by atoms with Crippen molar-refractivity contribution < 1.29 is 22.8 Å². The first-order valence-electron chi connectivity index (χ1n) is 9.15. The second-order valence-corrected chi connectivity index (χ2v) is 9.30. The summed E-state index contributed by atoms with van der Waals surface area (Å²) in [6.07, 6.45) is 0.0431. The number of sulfonamides is 1. The fourth-order valence-corrected chi connectivity index (χ4v) is 4.06. The van der Waals surface area contributed by atoms with Crippen LogP contribution in [0.5, 0.6) is 0 Å². The van der Waals surface area contributed by atoms with Crippen LogP contribution in [0.4, 0.5) is 5.69 Å². The standard InChI is InChI=1S/C20H20BrN3O5S/c1-2-18(25)23(12-13-3-9-16(10-4-13)30(22,28)29)17-11-19(26)24(20(17)27)15-7-5-14(21)6-8-15/h3-10,17H,2,11-12H2,1H3,(H2,22,28,29). The number of amides is 3. The van der Waals surface area contributed by atoms with Crippen molar-refractivity contribution in [1.82, 2.24) is 4.90 Å². The summed E-state index contributed by atoms with van der Waals surface area (Å²) in [4.78, 5) is 40.6. The van der Waals surface area contributed by atoms with E-state index >= 15 is 0 Å². The topological polar surface area (TPSA) is 118 Å². The second-order valence-electron chi connectivity index (χ2n) is 6.83. The predicted molar refractivity (Wildman–Crippen MR) is 114 cm³/mol. The molecule has 8 nitrogen and oxygen atoms in total. The zero-order valence-corrected chi connectivity index (χ0v) is 18.5. The third-order valence-electron chi connectivity index (χ3n) is 4.81. The van der Waals surface area contributed by atoms with Crippen LogP contribution < -0.4 is 10.0 Å². The minimum atomic E-state index is -3.83. The van der Waals surface area contributed by atoms with Gasteiger partial charge >= 0.3 is 0 Å². The molecule has 1 atom stereocenters. The van der Waals surface area contributed by atoms with Gasteiger partial charge in [-0.25, -0.2) is 18.5 Å². The highest BCUT2D eigenvalue weighted by molar-refractivity contribution is 9.10. The van der Waals surface area contributed by atoms with Crippen LogP contribution in [-0.2, 0) is 31.0 Å². The van der Waals surface area contributed by atoms with E-state index < -0.39 is 22.0 Å². The van der Waals surface area contributed by atoms with E-state index in [0.29, 0.717) is 11.3 Å². The van der Waals surface area contributed by atoms with E-state index in [1.165, 1.54) is 29.2 Å². The molecule has 0 bridgehead atoms. The first-order chi connectivity index (χ1) is 14.1. The number of carbonyl (C=O) groups is 3. The molecule has 2 aromatic carbocycles. The molecule has 1 aliphatic rings. The number of nitrogens with two attached hydrogens (primary N) is 1. The molecule has 0 radical (unpaired) electrons. The summed E-state index contributed by atoms with van der Waals surface area (Å²) < 4.78 is 23.7. The van der Waals surface area contributed by atoms with Crippen LogP contribution in [-0.4, -0.2) is 37.1 Å². The average Bonchev–Trinajstić information content (AvgIpc) is 3.00. The molecule has 0 saturated carbocycles. The second kappa shape index (κ2) is 8.66. The lowest BCUT2D eigenvalue weighted by Gasteiger charge is -2.27. The molecule has 3 amide bonds. The van der Waals surface area contributed by atoms with Gasteiger partial charge in [0.2, 0.25) is 21.8 Å². The Kier molecular flexibility index (Phi) is 6.39. The Hall–Kier alpha value is -2.56. The fraction of sp³-hybridized carbons (Fsp3) is 0.250. The molecule has 158 valence electrons. The van der Waals surface area contributed by atoms with Crippen LogP contribution in [0.3, 0.4) is 0 Å². The lowest BCUT2D eigenvalue weighted by Crippen LogP contribution is -2.44. The molecule has 1 fully saturated rings. The number of primary sulfonamides is 1. The van der Waals surface area contributed by atoms with Crippen LogP contribution in [0.15, 0.2) is 57.9 Å². The van der Waals surface area contributed by atoms with Crippen LogP contribution >= 0.6 is 15.9 Å². The van der Waals surface area contributed by atoms with Gasteiger partial charge in [0.1, 0.15) is 6.04 Å². The summed E-state index contributed by atoms with van der Waals surface area (Å²) in [5.41, 5.74) is 1.06. The highest BCUT2D eigenvalue weighted by Gasteiger charge is 2.44. The minimum Gasteiger partial charge on any atom is -0.326 e. The monoisotopic (exact) mass is 493 g/mol. The Morgan fingerprint density at radius 3 is 2.27 bits per heavy atom. The molecular formula is C20H20BrN3O5S. The Bertz CT molecular complexity index is 1080. The van der Waals surface area contributed by atoms with Crippen LogP contribution in [0.25, 0.3) is 0 Å². The van der Waals surface area contributed by atoms with Crippen LogP contribution in [0, 0.1) is 0 Å². The third kappa shape index (κ3) is 4.61. The molecule has 1 aliphatic heterocycles. The van der Waals surface area contributed by atoms with Gasteiger partial charge in [-0.05, 0) is 42.0 Å². The largest absolute Gasteiger partial charge is 0.326 e. The Morgan fingerprint density at radius 2 is 1.73 bits per heavy atom. The number of benzene rings is 2. The lowest BCUT2D eigenvalue weighted by atomic mass is 10.1. The number of hydrogen-bond donors (Lipinski definition) is 1. The lowest BCUT2D eigenvalue weighted by molar-refractivity contribution is -0.138. The number of imide groups is 1. The van der Waals surface area contributed by atoms with Crippen molar-refractivity contribution in [3.05, 3.63) is 58.6 Å². The van der Waals surface area contributed by atoms with Crippen molar-refractivity contribution in [3.63, 3.8) is 0 Å². The van der Waals surface area contributed by atoms with Gasteiger partial charge in [0.25, 0.3) is 5.91 Å². The maximum absolute atomic E-state index is 13.0. The number of carbonyl (C=O) groups excluding carboxylic acids is 3. The highest BCUT2D eigenvalue weighted by atomic mass is 79.9. The molecule has 1 saturated heterocycles. The maximum atomic E-state index is 13.0. The zero-order valence-electron chi connectivity index (χ0n) is 16.1. The Labute approximate surface area is 182 Å². The van der Waals surface area contributed by atoms with E-state index in [9.17, 15) is 22.8 Å². The van der Waals surface area contributed by atoms with Gasteiger partial charge in [-0.1, -0.05) is 35.0 Å². The Morgan fingerprint density at radius 1 is 1.13 bits per heavy atom. The number of halogens is 1. The van der Waals surface area contributed by atoms with Crippen molar-refractivity contribution in [2.24, 2.45) is 5.14 Å². The average molecular weight is 494 g/mol. The molecule has 0 spiro atoms. The molecule has 2 aromatic rings. The summed E-state index contributed by atoms with van der Waals surface area (Å²) in [6.45, 7) is 1.74. The number of hydrogen-bond acceptors (Lipinski definition) is 5. The molecule has 30 heavy (non-hydrogen) atoms. The molecule has 2 N–H and O–H groups in total. The first kappa shape index (κ1) is 22.1. The van der Waals surface area contributed by atoms with E-state index in [1.807, 2.05) is 0 Å². The van der Waals surface area contributed by atoms with E-state index in [0.717, 1.165) is 9.37 Å². The summed E-state index contributed by atoms with van der Waals surface area (Å²) in [5, 5.41) is 5.11. The van der Waals surface area contributed by atoms with Gasteiger partial charge in [-0.2, -0.15) is 0 Å². The summed E-state index contributed by atoms with van der Waals surface area (Å²) in [6, 6.07) is 11.6. The summed E-state index contributed by atoms with van der Waals surface area (Å²) in [5.74, 6) is -1.13. The molecule has 3 rings (SSSR count). The highest BCUT2D eigenvalue weighted by Crippen LogP contribution is 2.28. The predicted octanol–water partition coefficient (Wildman–Crippen LogP) is 2.17. The SMILES string of the molecule is CCC(=O)N(Cc1ccc(S(N)(=O)=O)cc1)C1CC(=O)N(c2ccc(Br)cc2)C1=O. The molecule has 10 heteroatoms. The summed E-state index contributed by atoms with van der Waals surface area (Å²) >= 11 is 3.32. The van der Waals surface area contributed by atoms with Crippen LogP contribution in [0.2, 0.25) is 0 Å². The molecule has 1 heterocycles. The number of rotatable bonds is 6. The normalized spacial score (nSPS) is 16.8. The van der Waals surface area contributed by atoms with Gasteiger partial charge in [0, 0.05) is 17.4 Å². The maximum Gasteiger partial charge on any atom is 0.257 e. The quantitative estimate of drug-likeness (QED) is 0.618. The van der Waals surface area contributed by atoms with E-state index in [4.69, 9.17) is 5.14 Å². The van der Waals surface area contributed by atoms with Crippen LogP contribution in [0.1, 0.15) is 25.3 Å². The van der Waals surface area contributed by atoms with Gasteiger partial charge in [-0.15, -0.1) is 0 Å². The van der Waals surface area contributed by atoms with Gasteiger partial charge in [0.15, 0.2) is 0 Å². The minimum absolute atomic E-state index is 0.0480. The first-order valence-corrected chi connectivity index (χ1v) is 11.5.